The van der Waals surface area contributed by atoms with Crippen molar-refractivity contribution in [2.24, 2.45) is 0 Å². The smallest absolute Gasteiger partial charge is 0.323 e. The van der Waals surface area contributed by atoms with Crippen LogP contribution < -0.4 is 5.32 Å². The molecule has 0 bridgehead atoms. The summed E-state index contributed by atoms with van der Waals surface area (Å²) in [5.74, 6) is -0.518. The van der Waals surface area contributed by atoms with Crippen molar-refractivity contribution in [3.8, 4) is 0 Å². The molecule has 28 heavy (non-hydrogen) atoms. The van der Waals surface area contributed by atoms with Gasteiger partial charge in [0, 0.05) is 5.69 Å². The van der Waals surface area contributed by atoms with Crippen LogP contribution in [0.2, 0.25) is 0 Å². The van der Waals surface area contributed by atoms with Crippen LogP contribution in [-0.2, 0) is 16.1 Å². The quantitative estimate of drug-likeness (QED) is 0.487. The van der Waals surface area contributed by atoms with E-state index in [2.05, 4.69) is 15.5 Å². The van der Waals surface area contributed by atoms with Crippen molar-refractivity contribution in [3.63, 3.8) is 0 Å². The van der Waals surface area contributed by atoms with Crippen LogP contribution in [0.1, 0.15) is 5.56 Å². The fourth-order valence-electron chi connectivity index (χ4n) is 2.99. The Morgan fingerprint density at radius 3 is 2.50 bits per heavy atom. The van der Waals surface area contributed by atoms with Crippen LogP contribution in [0.3, 0.4) is 0 Å². The molecule has 0 fully saturated rings. The van der Waals surface area contributed by atoms with Crippen molar-refractivity contribution in [1.82, 2.24) is 19.2 Å². The standard InChI is InChI=1S/C19H17N5O3S/c1-12-6-8-13(9-7-12)20-16(25)11-28-19-22-21-18-23(10-17(26)27)14-4-2-3-5-15(14)24(18)19/h2-9H,10-11H2,1H3,(H,20,25)(H,26,27). The molecule has 0 aliphatic carbocycles. The monoisotopic (exact) mass is 395 g/mol. The number of para-hydroxylation sites is 2. The highest BCUT2D eigenvalue weighted by molar-refractivity contribution is 7.99. The summed E-state index contributed by atoms with van der Waals surface area (Å²) in [4.78, 5) is 23.5. The summed E-state index contributed by atoms with van der Waals surface area (Å²) in [6.45, 7) is 1.77. The topological polar surface area (TPSA) is 102 Å². The minimum atomic E-state index is -0.960. The number of hydrogen-bond donors (Lipinski definition) is 2. The number of nitrogens with zero attached hydrogens (tertiary/aromatic N) is 4. The fraction of sp³-hybridized carbons (Fsp3) is 0.158. The Kier molecular flexibility index (Phi) is 4.74. The third kappa shape index (κ3) is 3.44. The van der Waals surface area contributed by atoms with E-state index in [1.54, 1.807) is 8.97 Å². The van der Waals surface area contributed by atoms with Crippen LogP contribution >= 0.6 is 11.8 Å². The molecule has 1 amide bonds. The number of fused-ring (bicyclic) bond motifs is 3. The van der Waals surface area contributed by atoms with E-state index in [0.717, 1.165) is 22.3 Å². The van der Waals surface area contributed by atoms with Gasteiger partial charge in [-0.1, -0.05) is 41.6 Å². The Balaban J connectivity index is 1.58. The molecule has 4 rings (SSSR count). The number of aryl methyl sites for hydroxylation is 1. The molecule has 2 aromatic carbocycles. The normalized spacial score (nSPS) is 11.2. The Morgan fingerprint density at radius 1 is 1.07 bits per heavy atom. The highest BCUT2D eigenvalue weighted by Crippen LogP contribution is 2.26. The van der Waals surface area contributed by atoms with Gasteiger partial charge < -0.3 is 10.4 Å². The SMILES string of the molecule is Cc1ccc(NC(=O)CSc2nnc3n(CC(=O)O)c4ccccc4n23)cc1. The van der Waals surface area contributed by atoms with Gasteiger partial charge in [-0.3, -0.25) is 18.6 Å². The molecule has 2 aromatic heterocycles. The Morgan fingerprint density at radius 2 is 1.79 bits per heavy atom. The number of amides is 1. The molecule has 0 aliphatic rings. The summed E-state index contributed by atoms with van der Waals surface area (Å²) in [5.41, 5.74) is 3.41. The Labute approximate surface area is 164 Å². The van der Waals surface area contributed by atoms with E-state index in [1.165, 1.54) is 11.8 Å². The molecule has 0 radical (unpaired) electrons. The second-order valence-corrected chi connectivity index (χ2v) is 7.23. The predicted molar refractivity (Wildman–Crippen MR) is 107 cm³/mol. The molecule has 0 spiro atoms. The number of carboxylic acid groups (broad SMARTS) is 1. The number of carboxylic acids is 1. The number of carbonyl (C=O) groups excluding carboxylic acids is 1. The molecular weight excluding hydrogens is 378 g/mol. The van der Waals surface area contributed by atoms with E-state index in [-0.39, 0.29) is 18.2 Å². The zero-order valence-electron chi connectivity index (χ0n) is 15.0. The van der Waals surface area contributed by atoms with Crippen molar-refractivity contribution in [1.29, 1.82) is 0 Å². The largest absolute Gasteiger partial charge is 0.480 e. The first-order valence-corrected chi connectivity index (χ1v) is 9.55. The highest BCUT2D eigenvalue weighted by Gasteiger charge is 2.19. The van der Waals surface area contributed by atoms with E-state index in [9.17, 15) is 14.7 Å². The molecular formula is C19H17N5O3S. The van der Waals surface area contributed by atoms with Gasteiger partial charge in [-0.15, -0.1) is 10.2 Å². The summed E-state index contributed by atoms with van der Waals surface area (Å²) < 4.78 is 3.38. The number of hydrogen-bond acceptors (Lipinski definition) is 5. The van der Waals surface area contributed by atoms with Crippen molar-refractivity contribution >= 4 is 46.1 Å². The summed E-state index contributed by atoms with van der Waals surface area (Å²) in [6.07, 6.45) is 0. The van der Waals surface area contributed by atoms with Gasteiger partial charge in [-0.05, 0) is 31.2 Å². The third-order valence-electron chi connectivity index (χ3n) is 4.23. The minimum absolute atomic E-state index is 0.153. The predicted octanol–water partition coefficient (Wildman–Crippen LogP) is 2.81. The maximum Gasteiger partial charge on any atom is 0.323 e. The number of rotatable bonds is 6. The number of aliphatic carboxylic acids is 1. The number of thioether (sulfide) groups is 1. The van der Waals surface area contributed by atoms with Crippen molar-refractivity contribution < 1.29 is 14.7 Å². The number of benzene rings is 2. The lowest BCUT2D eigenvalue weighted by Gasteiger charge is -2.04. The average molecular weight is 395 g/mol. The molecule has 0 saturated heterocycles. The van der Waals surface area contributed by atoms with Gasteiger partial charge in [0.15, 0.2) is 5.16 Å². The first kappa shape index (κ1) is 18.1. The van der Waals surface area contributed by atoms with E-state index in [4.69, 9.17) is 0 Å². The first-order chi connectivity index (χ1) is 13.5. The number of nitrogens with one attached hydrogen (secondary N) is 1. The van der Waals surface area contributed by atoms with E-state index >= 15 is 0 Å². The zero-order valence-corrected chi connectivity index (χ0v) is 15.8. The fourth-order valence-corrected chi connectivity index (χ4v) is 3.73. The van der Waals surface area contributed by atoms with Gasteiger partial charge in [-0.25, -0.2) is 0 Å². The number of imidazole rings is 1. The lowest BCUT2D eigenvalue weighted by molar-refractivity contribution is -0.137. The Bertz CT molecular complexity index is 1180. The molecule has 0 unspecified atom stereocenters. The molecule has 2 heterocycles. The second-order valence-electron chi connectivity index (χ2n) is 6.29. The molecule has 0 saturated carbocycles. The second kappa shape index (κ2) is 7.35. The van der Waals surface area contributed by atoms with Crippen LogP contribution in [0.4, 0.5) is 5.69 Å². The van der Waals surface area contributed by atoms with Crippen molar-refractivity contribution in [2.75, 3.05) is 11.1 Å². The van der Waals surface area contributed by atoms with Crippen LogP contribution in [0.25, 0.3) is 16.8 Å². The third-order valence-corrected chi connectivity index (χ3v) is 5.16. The molecule has 142 valence electrons. The van der Waals surface area contributed by atoms with Crippen molar-refractivity contribution in [2.45, 2.75) is 18.6 Å². The number of carbonyl (C=O) groups is 2. The van der Waals surface area contributed by atoms with Crippen LogP contribution in [0.5, 0.6) is 0 Å². The lowest BCUT2D eigenvalue weighted by Crippen LogP contribution is -2.14. The summed E-state index contributed by atoms with van der Waals surface area (Å²) in [6, 6.07) is 15.0. The van der Waals surface area contributed by atoms with Gasteiger partial charge in [-0.2, -0.15) is 0 Å². The molecule has 4 aromatic rings. The minimum Gasteiger partial charge on any atom is -0.480 e. The number of aromatic nitrogens is 4. The van der Waals surface area contributed by atoms with Crippen LogP contribution in [0.15, 0.2) is 53.7 Å². The van der Waals surface area contributed by atoms with E-state index in [1.807, 2.05) is 55.5 Å². The molecule has 9 heteroatoms. The highest BCUT2D eigenvalue weighted by atomic mass is 32.2. The zero-order chi connectivity index (χ0) is 19.7. The van der Waals surface area contributed by atoms with Gasteiger partial charge in [0.2, 0.25) is 11.7 Å². The van der Waals surface area contributed by atoms with Crippen molar-refractivity contribution in [3.05, 3.63) is 54.1 Å². The van der Waals surface area contributed by atoms with Gasteiger partial charge in [0.05, 0.1) is 16.8 Å². The molecule has 8 nitrogen and oxygen atoms in total. The van der Waals surface area contributed by atoms with Crippen LogP contribution in [-0.4, -0.2) is 41.9 Å². The maximum absolute atomic E-state index is 12.3. The Hall–Kier alpha value is -3.33. The van der Waals surface area contributed by atoms with Gasteiger partial charge >= 0.3 is 5.97 Å². The maximum atomic E-state index is 12.3. The average Bonchev–Trinajstić information content (AvgIpc) is 3.22. The molecule has 0 atom stereocenters. The summed E-state index contributed by atoms with van der Waals surface area (Å²) in [7, 11) is 0. The molecule has 0 aliphatic heterocycles. The lowest BCUT2D eigenvalue weighted by atomic mass is 10.2. The van der Waals surface area contributed by atoms with Gasteiger partial charge in [0.1, 0.15) is 6.54 Å². The summed E-state index contributed by atoms with van der Waals surface area (Å²) >= 11 is 1.25. The van der Waals surface area contributed by atoms with E-state index < -0.39 is 5.97 Å². The first-order valence-electron chi connectivity index (χ1n) is 8.56. The van der Waals surface area contributed by atoms with Crippen LogP contribution in [0, 0.1) is 6.92 Å². The van der Waals surface area contributed by atoms with Gasteiger partial charge in [0.25, 0.3) is 0 Å². The number of anilines is 1. The summed E-state index contributed by atoms with van der Waals surface area (Å²) in [5, 5.41) is 20.9. The molecule has 2 N–H and O–H groups in total. The van der Waals surface area contributed by atoms with E-state index in [0.29, 0.717) is 10.9 Å².